The van der Waals surface area contributed by atoms with Crippen LogP contribution in [0.1, 0.15) is 19.8 Å². The number of thiol groups is 1. The van der Waals surface area contributed by atoms with Crippen molar-refractivity contribution in [2.45, 2.75) is 25.9 Å². The number of hydrogen-bond donors (Lipinski definition) is 3. The lowest BCUT2D eigenvalue weighted by Gasteiger charge is -2.04. The Morgan fingerprint density at radius 3 is 2.82 bits per heavy atom. The molecular formula is C7H15NO2S. The molecule has 4 heteroatoms. The standard InChI is InChI=1S/C7H15NO2S/c1-6(9)3-2-4-8-7(10)5-11/h6,9,11H,2-5H2,1H3,(H,8,10). The Hall–Kier alpha value is -0.220. The van der Waals surface area contributed by atoms with Crippen LogP contribution in [0.3, 0.4) is 0 Å². The summed E-state index contributed by atoms with van der Waals surface area (Å²) in [5.74, 6) is 0.174. The van der Waals surface area contributed by atoms with Gasteiger partial charge in [-0.1, -0.05) is 0 Å². The van der Waals surface area contributed by atoms with Gasteiger partial charge in [0.15, 0.2) is 0 Å². The van der Waals surface area contributed by atoms with Crippen LogP contribution in [0, 0.1) is 0 Å². The molecule has 0 saturated heterocycles. The first kappa shape index (κ1) is 10.8. The van der Waals surface area contributed by atoms with E-state index in [2.05, 4.69) is 17.9 Å². The van der Waals surface area contributed by atoms with E-state index in [1.165, 1.54) is 0 Å². The molecular weight excluding hydrogens is 162 g/mol. The molecule has 1 unspecified atom stereocenters. The molecule has 1 atom stereocenters. The second-order valence-corrected chi connectivity index (χ2v) is 2.82. The normalized spacial score (nSPS) is 12.6. The molecule has 11 heavy (non-hydrogen) atoms. The van der Waals surface area contributed by atoms with E-state index in [1.807, 2.05) is 0 Å². The molecule has 0 bridgehead atoms. The van der Waals surface area contributed by atoms with Crippen molar-refractivity contribution in [3.05, 3.63) is 0 Å². The van der Waals surface area contributed by atoms with Gasteiger partial charge in [0.1, 0.15) is 0 Å². The van der Waals surface area contributed by atoms with Crippen molar-refractivity contribution in [1.29, 1.82) is 0 Å². The molecule has 0 rings (SSSR count). The van der Waals surface area contributed by atoms with Crippen LogP contribution in [0.2, 0.25) is 0 Å². The number of aliphatic hydroxyl groups is 1. The van der Waals surface area contributed by atoms with E-state index in [0.717, 1.165) is 12.8 Å². The van der Waals surface area contributed by atoms with Crippen LogP contribution >= 0.6 is 12.6 Å². The highest BCUT2D eigenvalue weighted by molar-refractivity contribution is 7.81. The Morgan fingerprint density at radius 1 is 1.73 bits per heavy atom. The Bertz CT molecular complexity index is 117. The summed E-state index contributed by atoms with van der Waals surface area (Å²) in [5, 5.41) is 11.5. The van der Waals surface area contributed by atoms with E-state index in [0.29, 0.717) is 6.54 Å². The number of hydrogen-bond acceptors (Lipinski definition) is 3. The van der Waals surface area contributed by atoms with Crippen molar-refractivity contribution >= 4 is 18.5 Å². The summed E-state index contributed by atoms with van der Waals surface area (Å²) in [6.07, 6.45) is 1.27. The molecule has 0 heterocycles. The maximum absolute atomic E-state index is 10.6. The maximum atomic E-state index is 10.6. The molecule has 0 aromatic carbocycles. The van der Waals surface area contributed by atoms with Crippen molar-refractivity contribution in [2.75, 3.05) is 12.3 Å². The van der Waals surface area contributed by atoms with Gasteiger partial charge in [0.2, 0.25) is 5.91 Å². The molecule has 3 nitrogen and oxygen atoms in total. The lowest BCUT2D eigenvalue weighted by molar-refractivity contribution is -0.118. The molecule has 66 valence electrons. The smallest absolute Gasteiger partial charge is 0.229 e. The van der Waals surface area contributed by atoms with Gasteiger partial charge in [0.25, 0.3) is 0 Å². The van der Waals surface area contributed by atoms with Crippen molar-refractivity contribution < 1.29 is 9.90 Å². The number of carbonyl (C=O) groups excluding carboxylic acids is 1. The van der Waals surface area contributed by atoms with Gasteiger partial charge in [-0.2, -0.15) is 12.6 Å². The van der Waals surface area contributed by atoms with Gasteiger partial charge in [-0.15, -0.1) is 0 Å². The fourth-order valence-corrected chi connectivity index (χ4v) is 0.793. The molecule has 0 aromatic rings. The van der Waals surface area contributed by atoms with Gasteiger partial charge >= 0.3 is 0 Å². The second kappa shape index (κ2) is 6.49. The summed E-state index contributed by atoms with van der Waals surface area (Å²) in [4.78, 5) is 10.6. The third kappa shape index (κ3) is 7.68. The summed E-state index contributed by atoms with van der Waals surface area (Å²) < 4.78 is 0. The molecule has 0 fully saturated rings. The minimum absolute atomic E-state index is 0.0565. The number of aliphatic hydroxyl groups excluding tert-OH is 1. The van der Waals surface area contributed by atoms with E-state index in [1.54, 1.807) is 6.92 Å². The topological polar surface area (TPSA) is 49.3 Å². The van der Waals surface area contributed by atoms with Gasteiger partial charge in [0, 0.05) is 6.54 Å². The minimum Gasteiger partial charge on any atom is -0.393 e. The molecule has 0 aromatic heterocycles. The lowest BCUT2D eigenvalue weighted by atomic mass is 10.2. The van der Waals surface area contributed by atoms with E-state index >= 15 is 0 Å². The van der Waals surface area contributed by atoms with Gasteiger partial charge in [-0.25, -0.2) is 0 Å². The highest BCUT2D eigenvalue weighted by atomic mass is 32.1. The van der Waals surface area contributed by atoms with E-state index in [9.17, 15) is 4.79 Å². The van der Waals surface area contributed by atoms with E-state index in [-0.39, 0.29) is 17.8 Å². The van der Waals surface area contributed by atoms with Gasteiger partial charge in [-0.05, 0) is 19.8 Å². The molecule has 0 aliphatic carbocycles. The summed E-state index contributed by atoms with van der Waals surface area (Å²) in [6, 6.07) is 0. The third-order valence-corrected chi connectivity index (χ3v) is 1.55. The number of rotatable bonds is 5. The summed E-state index contributed by atoms with van der Waals surface area (Å²) in [6.45, 7) is 2.37. The lowest BCUT2D eigenvalue weighted by Crippen LogP contribution is -2.25. The van der Waals surface area contributed by atoms with Crippen LogP contribution in [0.15, 0.2) is 0 Å². The van der Waals surface area contributed by atoms with Crippen LogP contribution in [-0.4, -0.2) is 29.4 Å². The molecule has 0 aliphatic heterocycles. The Morgan fingerprint density at radius 2 is 2.36 bits per heavy atom. The zero-order valence-electron chi connectivity index (χ0n) is 6.71. The quantitative estimate of drug-likeness (QED) is 0.415. The summed E-state index contributed by atoms with van der Waals surface area (Å²) >= 11 is 3.80. The fraction of sp³-hybridized carbons (Fsp3) is 0.857. The molecule has 0 aliphatic rings. The molecule has 0 radical (unpaired) electrons. The second-order valence-electron chi connectivity index (χ2n) is 2.50. The SMILES string of the molecule is CC(O)CCCNC(=O)CS. The van der Waals surface area contributed by atoms with Crippen LogP contribution in [0.5, 0.6) is 0 Å². The van der Waals surface area contributed by atoms with Crippen LogP contribution < -0.4 is 5.32 Å². The van der Waals surface area contributed by atoms with Crippen molar-refractivity contribution in [3.63, 3.8) is 0 Å². The number of amides is 1. The summed E-state index contributed by atoms with van der Waals surface area (Å²) in [5.41, 5.74) is 0. The van der Waals surface area contributed by atoms with Crippen LogP contribution in [0.25, 0.3) is 0 Å². The van der Waals surface area contributed by atoms with E-state index in [4.69, 9.17) is 5.11 Å². The number of carbonyl (C=O) groups is 1. The molecule has 2 N–H and O–H groups in total. The molecule has 0 spiro atoms. The first-order valence-corrected chi connectivity index (χ1v) is 4.35. The van der Waals surface area contributed by atoms with E-state index < -0.39 is 0 Å². The first-order chi connectivity index (χ1) is 5.16. The fourth-order valence-electron chi connectivity index (χ4n) is 0.681. The largest absolute Gasteiger partial charge is 0.393 e. The Kier molecular flexibility index (Phi) is 6.36. The van der Waals surface area contributed by atoms with Crippen LogP contribution in [-0.2, 0) is 4.79 Å². The monoisotopic (exact) mass is 177 g/mol. The third-order valence-electron chi connectivity index (χ3n) is 1.26. The Labute approximate surface area is 72.6 Å². The van der Waals surface area contributed by atoms with Gasteiger partial charge < -0.3 is 10.4 Å². The molecule has 1 amide bonds. The zero-order valence-corrected chi connectivity index (χ0v) is 7.60. The highest BCUT2D eigenvalue weighted by Crippen LogP contribution is 1.93. The Balaban J connectivity index is 3.08. The maximum Gasteiger partial charge on any atom is 0.229 e. The average molecular weight is 177 g/mol. The predicted molar refractivity (Wildman–Crippen MR) is 47.8 cm³/mol. The van der Waals surface area contributed by atoms with Gasteiger partial charge in [0.05, 0.1) is 11.9 Å². The van der Waals surface area contributed by atoms with Crippen LogP contribution in [0.4, 0.5) is 0 Å². The van der Waals surface area contributed by atoms with Gasteiger partial charge in [-0.3, -0.25) is 4.79 Å². The van der Waals surface area contributed by atoms with Crippen molar-refractivity contribution in [1.82, 2.24) is 5.32 Å². The predicted octanol–water partition coefficient (Wildman–Crippen LogP) is 0.193. The highest BCUT2D eigenvalue weighted by Gasteiger charge is 1.97. The summed E-state index contributed by atoms with van der Waals surface area (Å²) in [7, 11) is 0. The van der Waals surface area contributed by atoms with Crippen molar-refractivity contribution in [2.24, 2.45) is 0 Å². The van der Waals surface area contributed by atoms with Crippen molar-refractivity contribution in [3.8, 4) is 0 Å². The number of nitrogens with one attached hydrogen (secondary N) is 1. The first-order valence-electron chi connectivity index (χ1n) is 3.72. The molecule has 0 saturated carbocycles. The minimum atomic E-state index is -0.275. The zero-order chi connectivity index (χ0) is 8.69. The average Bonchev–Trinajstić information content (AvgIpc) is 1.97.